The number of hydrogen-bond acceptors (Lipinski definition) is 4. The molecule has 0 radical (unpaired) electrons. The van der Waals surface area contributed by atoms with E-state index in [-0.39, 0.29) is 6.54 Å². The van der Waals surface area contributed by atoms with Gasteiger partial charge in [0.25, 0.3) is 0 Å². The van der Waals surface area contributed by atoms with Crippen molar-refractivity contribution in [2.24, 2.45) is 0 Å². The molecule has 2 aromatic rings. The fraction of sp³-hybridized carbons (Fsp3) is 0.263. The van der Waals surface area contributed by atoms with E-state index < -0.39 is 17.4 Å². The molecule has 0 atom stereocenters. The number of fused-ring (bicyclic) bond motifs is 1. The Kier molecular flexibility index (Phi) is 4.72. The van der Waals surface area contributed by atoms with E-state index in [4.69, 9.17) is 4.74 Å². The van der Waals surface area contributed by atoms with Gasteiger partial charge in [-0.3, -0.25) is 9.59 Å². The molecule has 3 rings (SSSR count). The molecule has 1 aliphatic rings. The zero-order valence-electron chi connectivity index (χ0n) is 13.9. The zero-order valence-corrected chi connectivity index (χ0v) is 13.9. The lowest BCUT2D eigenvalue weighted by atomic mass is 10.0. The summed E-state index contributed by atoms with van der Waals surface area (Å²) in [7, 11) is 1.52. The molecular weight excluding hydrogens is 320 g/mol. The minimum absolute atomic E-state index is 0.0199. The maximum absolute atomic E-state index is 12.0. The summed E-state index contributed by atoms with van der Waals surface area (Å²) in [6, 6.07) is 14.5. The largest absolute Gasteiger partial charge is 0.497 e. The lowest BCUT2D eigenvalue weighted by Gasteiger charge is -2.22. The highest BCUT2D eigenvalue weighted by molar-refractivity contribution is 6.39. The highest BCUT2D eigenvalue weighted by atomic mass is 16.5. The van der Waals surface area contributed by atoms with E-state index in [1.165, 1.54) is 7.11 Å². The fourth-order valence-electron chi connectivity index (χ4n) is 3.01. The number of anilines is 1. The Balaban J connectivity index is 1.55. The highest BCUT2D eigenvalue weighted by Crippen LogP contribution is 2.29. The van der Waals surface area contributed by atoms with Crippen molar-refractivity contribution < 1.29 is 19.4 Å². The van der Waals surface area contributed by atoms with Crippen molar-refractivity contribution in [3.8, 4) is 5.75 Å². The Hall–Kier alpha value is -2.86. The van der Waals surface area contributed by atoms with Gasteiger partial charge in [0.05, 0.1) is 12.7 Å². The van der Waals surface area contributed by atoms with Gasteiger partial charge < -0.3 is 20.5 Å². The summed E-state index contributed by atoms with van der Waals surface area (Å²) in [5.41, 5.74) is 1.54. The number of ether oxygens (including phenoxy) is 1. The van der Waals surface area contributed by atoms with Gasteiger partial charge in [-0.2, -0.15) is 0 Å². The number of nitrogens with one attached hydrogen (secondary N) is 2. The van der Waals surface area contributed by atoms with Gasteiger partial charge in [0.15, 0.2) is 0 Å². The standard InChI is InChI=1S/C19H20N2O4/c1-25-16-8-4-7-15(9-16)21-18(23)17(22)20-12-19(24)10-13-5-2-3-6-14(13)11-19/h2-9,24H,10-12H2,1H3,(H,20,22)(H,21,23). The fourth-order valence-corrected chi connectivity index (χ4v) is 3.01. The second kappa shape index (κ2) is 6.94. The van der Waals surface area contributed by atoms with E-state index in [1.54, 1.807) is 24.3 Å². The van der Waals surface area contributed by atoms with Gasteiger partial charge in [-0.15, -0.1) is 0 Å². The molecule has 1 aliphatic carbocycles. The van der Waals surface area contributed by atoms with Crippen LogP contribution in [0.15, 0.2) is 48.5 Å². The van der Waals surface area contributed by atoms with Gasteiger partial charge >= 0.3 is 11.8 Å². The third-order valence-electron chi connectivity index (χ3n) is 4.27. The lowest BCUT2D eigenvalue weighted by Crippen LogP contribution is -2.46. The predicted octanol–water partition coefficient (Wildman–Crippen LogP) is 1.28. The molecule has 0 bridgehead atoms. The van der Waals surface area contributed by atoms with Crippen LogP contribution in [-0.4, -0.2) is 36.2 Å². The predicted molar refractivity (Wildman–Crippen MR) is 93.4 cm³/mol. The van der Waals surface area contributed by atoms with Gasteiger partial charge in [-0.25, -0.2) is 0 Å². The van der Waals surface area contributed by atoms with Crippen LogP contribution in [0.1, 0.15) is 11.1 Å². The molecule has 0 spiro atoms. The molecule has 2 aromatic carbocycles. The number of aliphatic hydroxyl groups is 1. The van der Waals surface area contributed by atoms with Crippen molar-refractivity contribution in [3.63, 3.8) is 0 Å². The smallest absolute Gasteiger partial charge is 0.313 e. The summed E-state index contributed by atoms with van der Waals surface area (Å²) in [5, 5.41) is 15.7. The van der Waals surface area contributed by atoms with Crippen LogP contribution in [0.2, 0.25) is 0 Å². The van der Waals surface area contributed by atoms with Crippen molar-refractivity contribution >= 4 is 17.5 Å². The van der Waals surface area contributed by atoms with Crippen molar-refractivity contribution in [1.29, 1.82) is 0 Å². The Morgan fingerprint density at radius 3 is 2.40 bits per heavy atom. The Morgan fingerprint density at radius 1 is 1.08 bits per heavy atom. The summed E-state index contributed by atoms with van der Waals surface area (Å²) in [6.45, 7) is 0.0199. The number of carbonyl (C=O) groups is 2. The van der Waals surface area contributed by atoms with Crippen LogP contribution < -0.4 is 15.4 Å². The van der Waals surface area contributed by atoms with Crippen LogP contribution in [-0.2, 0) is 22.4 Å². The molecule has 2 amide bonds. The molecule has 0 aromatic heterocycles. The van der Waals surface area contributed by atoms with Gasteiger partial charge in [0, 0.05) is 31.1 Å². The van der Waals surface area contributed by atoms with Crippen LogP contribution in [0.4, 0.5) is 5.69 Å². The Labute approximate surface area is 145 Å². The molecule has 0 saturated carbocycles. The maximum Gasteiger partial charge on any atom is 0.313 e. The van der Waals surface area contributed by atoms with Crippen LogP contribution in [0.3, 0.4) is 0 Å². The molecule has 25 heavy (non-hydrogen) atoms. The van der Waals surface area contributed by atoms with Crippen molar-refractivity contribution in [2.45, 2.75) is 18.4 Å². The van der Waals surface area contributed by atoms with E-state index in [0.29, 0.717) is 24.3 Å². The number of amides is 2. The van der Waals surface area contributed by atoms with Crippen LogP contribution in [0.5, 0.6) is 5.75 Å². The van der Waals surface area contributed by atoms with Crippen molar-refractivity contribution in [2.75, 3.05) is 19.0 Å². The molecule has 6 heteroatoms. The van der Waals surface area contributed by atoms with Gasteiger partial charge in [0.1, 0.15) is 5.75 Å². The molecule has 3 N–H and O–H groups in total. The number of benzene rings is 2. The zero-order chi connectivity index (χ0) is 17.9. The number of methoxy groups -OCH3 is 1. The first-order valence-corrected chi connectivity index (χ1v) is 8.01. The third kappa shape index (κ3) is 3.97. The minimum atomic E-state index is -1.06. The number of hydrogen-bond donors (Lipinski definition) is 3. The average molecular weight is 340 g/mol. The second-order valence-corrected chi connectivity index (χ2v) is 6.22. The van der Waals surface area contributed by atoms with E-state index in [9.17, 15) is 14.7 Å². The summed E-state index contributed by atoms with van der Waals surface area (Å²) in [6.07, 6.45) is 0.919. The topological polar surface area (TPSA) is 87.7 Å². The van der Waals surface area contributed by atoms with Crippen LogP contribution in [0, 0.1) is 0 Å². The minimum Gasteiger partial charge on any atom is -0.497 e. The third-order valence-corrected chi connectivity index (χ3v) is 4.27. The summed E-state index contributed by atoms with van der Waals surface area (Å²) in [4.78, 5) is 24.0. The molecule has 0 aliphatic heterocycles. The van der Waals surface area contributed by atoms with Crippen LogP contribution in [0.25, 0.3) is 0 Å². The van der Waals surface area contributed by atoms with Crippen molar-refractivity contribution in [1.82, 2.24) is 5.32 Å². The van der Waals surface area contributed by atoms with Gasteiger partial charge in [-0.1, -0.05) is 30.3 Å². The second-order valence-electron chi connectivity index (χ2n) is 6.22. The number of carbonyl (C=O) groups excluding carboxylic acids is 2. The molecule has 130 valence electrons. The maximum atomic E-state index is 12.0. The normalized spacial score (nSPS) is 14.5. The molecule has 0 heterocycles. The van der Waals surface area contributed by atoms with Gasteiger partial charge in [0.2, 0.25) is 0 Å². The summed E-state index contributed by atoms with van der Waals surface area (Å²) < 4.78 is 5.07. The van der Waals surface area contributed by atoms with E-state index in [1.807, 2.05) is 24.3 Å². The molecular formula is C19H20N2O4. The first-order valence-electron chi connectivity index (χ1n) is 8.01. The number of rotatable bonds is 4. The van der Waals surface area contributed by atoms with Crippen LogP contribution >= 0.6 is 0 Å². The molecule has 0 saturated heterocycles. The van der Waals surface area contributed by atoms with E-state index in [2.05, 4.69) is 10.6 Å². The molecule has 6 nitrogen and oxygen atoms in total. The first-order chi connectivity index (χ1) is 12.0. The SMILES string of the molecule is COc1cccc(NC(=O)C(=O)NCC2(O)Cc3ccccc3C2)c1. The Bertz CT molecular complexity index is 779. The van der Waals surface area contributed by atoms with Gasteiger partial charge in [-0.05, 0) is 23.3 Å². The summed E-state index contributed by atoms with van der Waals surface area (Å²) >= 11 is 0. The highest BCUT2D eigenvalue weighted by Gasteiger charge is 2.35. The van der Waals surface area contributed by atoms with E-state index in [0.717, 1.165) is 11.1 Å². The average Bonchev–Trinajstić information content (AvgIpc) is 2.96. The molecule has 0 unspecified atom stereocenters. The van der Waals surface area contributed by atoms with Crippen molar-refractivity contribution in [3.05, 3.63) is 59.7 Å². The quantitative estimate of drug-likeness (QED) is 0.732. The van der Waals surface area contributed by atoms with E-state index >= 15 is 0 Å². The lowest BCUT2D eigenvalue weighted by molar-refractivity contribution is -0.136. The monoisotopic (exact) mass is 340 g/mol. The Morgan fingerprint density at radius 2 is 1.76 bits per heavy atom. The first kappa shape index (κ1) is 17.0. The molecule has 0 fully saturated rings. The summed E-state index contributed by atoms with van der Waals surface area (Å²) in [5.74, 6) is -0.990.